The molecule has 8 nitrogen and oxygen atoms in total. The van der Waals surface area contributed by atoms with E-state index in [1.165, 1.54) is 25.3 Å². The summed E-state index contributed by atoms with van der Waals surface area (Å²) in [6.45, 7) is 8.56. The highest BCUT2D eigenvalue weighted by Gasteiger charge is 2.29. The van der Waals surface area contributed by atoms with E-state index in [1.807, 2.05) is 19.9 Å². The fraction of sp³-hybridized carbons (Fsp3) is 0.400. The highest BCUT2D eigenvalue weighted by molar-refractivity contribution is 6.03. The van der Waals surface area contributed by atoms with Crippen LogP contribution in [0.15, 0.2) is 47.2 Å². The molecule has 10 heteroatoms. The van der Waals surface area contributed by atoms with E-state index in [0.29, 0.717) is 65.6 Å². The summed E-state index contributed by atoms with van der Waals surface area (Å²) in [5, 5.41) is 9.42. The summed E-state index contributed by atoms with van der Waals surface area (Å²) in [7, 11) is 1.33. The highest BCUT2D eigenvalue weighted by atomic mass is 19.1. The van der Waals surface area contributed by atoms with Gasteiger partial charge in [-0.15, -0.1) is 0 Å². The molecule has 0 aliphatic carbocycles. The van der Waals surface area contributed by atoms with Gasteiger partial charge in [-0.1, -0.05) is 19.9 Å². The lowest BCUT2D eigenvalue weighted by molar-refractivity contribution is -0.0241. The predicted molar refractivity (Wildman–Crippen MR) is 148 cm³/mol. The molecule has 0 radical (unpaired) electrons. The summed E-state index contributed by atoms with van der Waals surface area (Å²) in [5.74, 6) is -0.973. The quantitative estimate of drug-likeness (QED) is 0.272. The van der Waals surface area contributed by atoms with Gasteiger partial charge in [-0.05, 0) is 55.5 Å². The zero-order chi connectivity index (χ0) is 29.0. The van der Waals surface area contributed by atoms with Crippen molar-refractivity contribution in [1.29, 1.82) is 5.26 Å². The Morgan fingerprint density at radius 2 is 2.15 bits per heavy atom. The van der Waals surface area contributed by atoms with Gasteiger partial charge in [-0.3, -0.25) is 0 Å². The number of ether oxygens (including phenoxy) is 2. The molecule has 1 aromatic carbocycles. The normalized spacial score (nSPS) is 17.1. The lowest BCUT2D eigenvalue weighted by atomic mass is 9.91. The van der Waals surface area contributed by atoms with Gasteiger partial charge in [0.1, 0.15) is 29.0 Å². The molecule has 2 aromatic heterocycles. The third-order valence-corrected chi connectivity index (χ3v) is 7.21. The maximum Gasteiger partial charge on any atom is 0.409 e. The zero-order valence-electron chi connectivity index (χ0n) is 23.4. The van der Waals surface area contributed by atoms with E-state index in [9.17, 15) is 14.4 Å². The van der Waals surface area contributed by atoms with Crippen molar-refractivity contribution in [2.45, 2.75) is 46.6 Å². The summed E-state index contributed by atoms with van der Waals surface area (Å²) in [4.78, 5) is 22.9. The second kappa shape index (κ2) is 12.4. The summed E-state index contributed by atoms with van der Waals surface area (Å²) in [6.07, 6.45) is 3.42. The number of aliphatic imine (C=N–C) groups is 1. The monoisotopic (exact) mass is 549 g/mol. The number of fused-ring (bicyclic) bond motifs is 1. The maximum atomic E-state index is 16.0. The number of carbonyl (C=O) groups excluding carboxylic acids is 1. The second-order valence-electron chi connectivity index (χ2n) is 9.84. The molecule has 1 aliphatic heterocycles. The van der Waals surface area contributed by atoms with E-state index in [1.54, 1.807) is 35.4 Å². The van der Waals surface area contributed by atoms with Gasteiger partial charge in [-0.2, -0.15) is 5.26 Å². The van der Waals surface area contributed by atoms with Gasteiger partial charge < -0.3 is 18.8 Å². The van der Waals surface area contributed by atoms with Gasteiger partial charge in [0.25, 0.3) is 0 Å². The molecule has 0 bridgehead atoms. The molecule has 1 amide bonds. The minimum Gasteiger partial charge on any atom is -0.453 e. The summed E-state index contributed by atoms with van der Waals surface area (Å²) >= 11 is 0. The van der Waals surface area contributed by atoms with Crippen LogP contribution in [0.2, 0.25) is 0 Å². The first kappa shape index (κ1) is 28.9. The molecule has 0 N–H and O–H groups in total. The highest BCUT2D eigenvalue weighted by Crippen LogP contribution is 2.33. The smallest absolute Gasteiger partial charge is 0.409 e. The lowest BCUT2D eigenvalue weighted by Gasteiger charge is -2.32. The van der Waals surface area contributed by atoms with E-state index >= 15 is 4.39 Å². The molecule has 1 saturated heterocycles. The number of hydrogen-bond donors (Lipinski definition) is 0. The molecule has 40 heavy (non-hydrogen) atoms. The first-order valence-electron chi connectivity index (χ1n) is 13.3. The Balaban J connectivity index is 1.82. The minimum absolute atomic E-state index is 0.0112. The second-order valence-corrected chi connectivity index (χ2v) is 9.84. The van der Waals surface area contributed by atoms with Crippen molar-refractivity contribution in [3.8, 4) is 17.3 Å². The van der Waals surface area contributed by atoms with Crippen LogP contribution in [0.5, 0.6) is 0 Å². The number of halogens is 2. The Morgan fingerprint density at radius 3 is 2.80 bits per heavy atom. The Kier molecular flexibility index (Phi) is 8.95. The van der Waals surface area contributed by atoms with Crippen molar-refractivity contribution < 1.29 is 23.0 Å². The first-order valence-corrected chi connectivity index (χ1v) is 13.3. The Morgan fingerprint density at radius 1 is 1.38 bits per heavy atom. The average molecular weight is 550 g/mol. The molecule has 1 fully saturated rings. The van der Waals surface area contributed by atoms with Crippen molar-refractivity contribution >= 4 is 17.5 Å². The predicted octanol–water partition coefficient (Wildman–Crippen LogP) is 5.86. The standard InChI is InChI=1S/C30H33F2N5O3/c1-6-18(3)28(34-22(7-2)16-33)20-12-19(4)27(24(32)13-20)29-25(37-9-8-21(31)14-26(37)35-29)15-23-17-36(10-11-40-23)30(38)39-5/h7-9,12-14,18,23H,6,10-11,15,17H2,1-5H3/b22-7-,34-28?/t18-,23?/m1/s1. The number of nitrogens with zero attached hydrogens (tertiary/aromatic N) is 5. The molecule has 3 heterocycles. The van der Waals surface area contributed by atoms with E-state index < -0.39 is 23.8 Å². The first-order chi connectivity index (χ1) is 19.2. The SMILES string of the molecule is C/C=C(/C#N)N=C(c1cc(C)c(-c2nc3cc(F)ccn3c2CC2CN(C(=O)OC)CCO2)c(F)c1)[C@H](C)CC. The number of pyridine rings is 1. The van der Waals surface area contributed by atoms with E-state index in [0.717, 1.165) is 6.42 Å². The summed E-state index contributed by atoms with van der Waals surface area (Å²) in [5.41, 5.74) is 3.73. The number of amides is 1. The van der Waals surface area contributed by atoms with Crippen molar-refractivity contribution in [1.82, 2.24) is 14.3 Å². The van der Waals surface area contributed by atoms with Gasteiger partial charge >= 0.3 is 6.09 Å². The van der Waals surface area contributed by atoms with Crippen LogP contribution in [0.25, 0.3) is 16.9 Å². The number of allylic oxidation sites excluding steroid dienone is 2. The van der Waals surface area contributed by atoms with Gasteiger partial charge in [0.15, 0.2) is 0 Å². The third kappa shape index (κ3) is 5.89. The molecular formula is C30H33F2N5O3. The van der Waals surface area contributed by atoms with Crippen LogP contribution >= 0.6 is 0 Å². The number of morpholine rings is 1. The molecule has 4 rings (SSSR count). The number of hydrogen-bond acceptors (Lipinski definition) is 6. The molecular weight excluding hydrogens is 516 g/mol. The van der Waals surface area contributed by atoms with Crippen molar-refractivity contribution in [3.05, 3.63) is 70.7 Å². The van der Waals surface area contributed by atoms with E-state index in [4.69, 9.17) is 9.47 Å². The van der Waals surface area contributed by atoms with Gasteiger partial charge in [0.2, 0.25) is 0 Å². The van der Waals surface area contributed by atoms with Crippen LogP contribution in [0.1, 0.15) is 44.0 Å². The molecule has 3 aromatic rings. The van der Waals surface area contributed by atoms with Crippen LogP contribution in [0, 0.1) is 35.8 Å². The summed E-state index contributed by atoms with van der Waals surface area (Å²) in [6, 6.07) is 7.95. The molecule has 0 spiro atoms. The molecule has 210 valence electrons. The van der Waals surface area contributed by atoms with Gasteiger partial charge in [-0.25, -0.2) is 23.6 Å². The topological polar surface area (TPSA) is 92.2 Å². The largest absolute Gasteiger partial charge is 0.453 e. The average Bonchev–Trinajstić information content (AvgIpc) is 3.28. The van der Waals surface area contributed by atoms with E-state index in [-0.39, 0.29) is 11.6 Å². The third-order valence-electron chi connectivity index (χ3n) is 7.21. The molecule has 0 saturated carbocycles. The van der Waals surface area contributed by atoms with Crippen LogP contribution in [-0.2, 0) is 15.9 Å². The van der Waals surface area contributed by atoms with Crippen LogP contribution in [0.3, 0.4) is 0 Å². The molecule has 1 unspecified atom stereocenters. The lowest BCUT2D eigenvalue weighted by Crippen LogP contribution is -2.46. The number of carbonyl (C=O) groups is 1. The van der Waals surface area contributed by atoms with Crippen molar-refractivity contribution in [2.24, 2.45) is 10.9 Å². The molecule has 2 atom stereocenters. The number of nitriles is 1. The number of rotatable bonds is 7. The fourth-order valence-corrected chi connectivity index (χ4v) is 4.95. The van der Waals surface area contributed by atoms with Crippen LogP contribution < -0.4 is 0 Å². The Hall–Kier alpha value is -4.10. The zero-order valence-corrected chi connectivity index (χ0v) is 23.4. The number of aryl methyl sites for hydroxylation is 1. The van der Waals surface area contributed by atoms with Gasteiger partial charge in [0.05, 0.1) is 43.5 Å². The number of imidazole rings is 1. The fourth-order valence-electron chi connectivity index (χ4n) is 4.95. The van der Waals surface area contributed by atoms with Crippen molar-refractivity contribution in [2.75, 3.05) is 26.8 Å². The number of aromatic nitrogens is 2. The van der Waals surface area contributed by atoms with Crippen molar-refractivity contribution in [3.63, 3.8) is 0 Å². The number of benzene rings is 1. The van der Waals surface area contributed by atoms with E-state index in [2.05, 4.69) is 16.0 Å². The van der Waals surface area contributed by atoms with Gasteiger partial charge in [0, 0.05) is 30.8 Å². The summed E-state index contributed by atoms with van der Waals surface area (Å²) < 4.78 is 42.7. The number of methoxy groups -OCH3 is 1. The van der Waals surface area contributed by atoms with Crippen LogP contribution in [0.4, 0.5) is 13.6 Å². The van der Waals surface area contributed by atoms with Crippen LogP contribution in [-0.4, -0.2) is 59.0 Å². The Labute approximate surface area is 232 Å². The minimum atomic E-state index is -0.504. The Bertz CT molecular complexity index is 1500. The maximum absolute atomic E-state index is 16.0. The molecule has 1 aliphatic rings.